The zero-order valence-corrected chi connectivity index (χ0v) is 15.1. The summed E-state index contributed by atoms with van der Waals surface area (Å²) in [5.74, 6) is 0.334. The molecule has 1 N–H and O–H groups in total. The second-order valence-corrected chi connectivity index (χ2v) is 6.19. The van der Waals surface area contributed by atoms with E-state index < -0.39 is 5.91 Å². The third-order valence-corrected chi connectivity index (χ3v) is 4.30. The molecule has 1 aromatic carbocycles. The van der Waals surface area contributed by atoms with Crippen molar-refractivity contribution in [3.63, 3.8) is 0 Å². The molecule has 0 aliphatic carbocycles. The Labute approximate surface area is 162 Å². The number of rotatable bonds is 3. The molecule has 0 bridgehead atoms. The number of amides is 1. The molecule has 4 aromatic rings. The van der Waals surface area contributed by atoms with Gasteiger partial charge in [0.05, 0.1) is 29.1 Å². The Morgan fingerprint density at radius 3 is 2.52 bits per heavy atom. The number of carbonyl (C=O) groups excluding carboxylic acids is 1. The quantitative estimate of drug-likeness (QED) is 0.601. The molecule has 0 atom stereocenters. The van der Waals surface area contributed by atoms with Crippen LogP contribution in [0.25, 0.3) is 22.2 Å². The van der Waals surface area contributed by atoms with Crippen LogP contribution < -0.4 is 5.32 Å². The third kappa shape index (κ3) is 3.29. The second kappa shape index (κ2) is 6.64. The van der Waals surface area contributed by atoms with E-state index in [4.69, 9.17) is 5.48 Å². The number of benzene rings is 1. The molecule has 6 nitrogen and oxygen atoms in total. The van der Waals surface area contributed by atoms with E-state index in [2.05, 4.69) is 20.3 Å². The van der Waals surface area contributed by atoms with Gasteiger partial charge in [-0.25, -0.2) is 9.97 Å². The minimum absolute atomic E-state index is 0.194. The van der Waals surface area contributed by atoms with Crippen LogP contribution in [0.15, 0.2) is 54.9 Å². The lowest BCUT2D eigenvalue weighted by Crippen LogP contribution is -2.12. The van der Waals surface area contributed by atoms with Crippen molar-refractivity contribution in [2.75, 3.05) is 5.32 Å². The average Bonchev–Trinajstić information content (AvgIpc) is 3.09. The van der Waals surface area contributed by atoms with Crippen LogP contribution in [0.1, 0.15) is 27.2 Å². The Morgan fingerprint density at radius 2 is 1.81 bits per heavy atom. The van der Waals surface area contributed by atoms with Crippen molar-refractivity contribution in [3.8, 4) is 11.3 Å². The first kappa shape index (κ1) is 12.8. The number of hydrogen-bond acceptors (Lipinski definition) is 4. The number of aryl methyl sites for hydroxylation is 1. The fraction of sp³-hybridized carbons (Fsp3) is 0.143. The van der Waals surface area contributed by atoms with Crippen molar-refractivity contribution in [2.24, 2.45) is 7.05 Å². The SMILES string of the molecule is [2H]c1c([2H])c(C(=O)Nc2cc3cc(-c4cnc(C)n4C)cnc3cn2)c([2H])c([2H])c1C. The molecule has 0 fully saturated rings. The van der Waals surface area contributed by atoms with E-state index in [1.165, 1.54) is 13.1 Å². The molecular weight excluding hydrogens is 338 g/mol. The van der Waals surface area contributed by atoms with E-state index in [1.807, 2.05) is 24.6 Å². The molecule has 3 aromatic heterocycles. The van der Waals surface area contributed by atoms with Gasteiger partial charge in [-0.1, -0.05) is 17.6 Å². The Morgan fingerprint density at radius 1 is 1.04 bits per heavy atom. The number of carbonyl (C=O) groups is 1. The topological polar surface area (TPSA) is 72.7 Å². The zero-order chi connectivity index (χ0) is 22.4. The summed E-state index contributed by atoms with van der Waals surface area (Å²) in [4.78, 5) is 25.7. The van der Waals surface area contributed by atoms with Crippen LogP contribution in [0, 0.1) is 13.8 Å². The number of nitrogens with zero attached hydrogens (tertiary/aromatic N) is 4. The van der Waals surface area contributed by atoms with Crippen molar-refractivity contribution in [3.05, 3.63) is 71.8 Å². The van der Waals surface area contributed by atoms with Crippen LogP contribution in [0.2, 0.25) is 0 Å². The highest BCUT2D eigenvalue weighted by molar-refractivity contribution is 6.04. The molecule has 1 amide bonds. The molecule has 27 heavy (non-hydrogen) atoms. The first-order valence-corrected chi connectivity index (χ1v) is 8.31. The van der Waals surface area contributed by atoms with Gasteiger partial charge in [0, 0.05) is 29.8 Å². The van der Waals surface area contributed by atoms with Gasteiger partial charge in [-0.05, 0) is 38.1 Å². The van der Waals surface area contributed by atoms with Crippen LogP contribution in [0.5, 0.6) is 0 Å². The molecule has 6 heteroatoms. The summed E-state index contributed by atoms with van der Waals surface area (Å²) in [6.07, 6.45) is 5.02. The molecule has 3 heterocycles. The van der Waals surface area contributed by atoms with E-state index in [0.29, 0.717) is 5.52 Å². The van der Waals surface area contributed by atoms with Crippen molar-refractivity contribution >= 4 is 22.6 Å². The number of fused-ring (bicyclic) bond motifs is 1. The Bertz CT molecular complexity index is 1340. The maximum absolute atomic E-state index is 12.8. The second-order valence-electron chi connectivity index (χ2n) is 6.19. The highest BCUT2D eigenvalue weighted by atomic mass is 16.1. The van der Waals surface area contributed by atoms with Gasteiger partial charge in [-0.15, -0.1) is 0 Å². The first-order valence-electron chi connectivity index (χ1n) is 10.3. The van der Waals surface area contributed by atoms with E-state index in [1.54, 1.807) is 18.5 Å². The summed E-state index contributed by atoms with van der Waals surface area (Å²) < 4.78 is 33.9. The number of aromatic nitrogens is 4. The van der Waals surface area contributed by atoms with Gasteiger partial charge in [0.1, 0.15) is 11.6 Å². The van der Waals surface area contributed by atoms with Crippen LogP contribution in [0.4, 0.5) is 5.82 Å². The summed E-state index contributed by atoms with van der Waals surface area (Å²) in [5, 5.41) is 3.32. The van der Waals surface area contributed by atoms with Gasteiger partial charge < -0.3 is 9.88 Å². The summed E-state index contributed by atoms with van der Waals surface area (Å²) in [5.41, 5.74) is 2.27. The maximum atomic E-state index is 12.8. The fourth-order valence-electron chi connectivity index (χ4n) is 2.68. The molecule has 0 saturated carbocycles. The third-order valence-electron chi connectivity index (χ3n) is 4.30. The largest absolute Gasteiger partial charge is 0.331 e. The van der Waals surface area contributed by atoms with Crippen molar-refractivity contribution in [1.29, 1.82) is 0 Å². The van der Waals surface area contributed by atoms with Crippen molar-refractivity contribution in [1.82, 2.24) is 19.5 Å². The molecule has 0 radical (unpaired) electrons. The lowest BCUT2D eigenvalue weighted by molar-refractivity contribution is 0.102. The summed E-state index contributed by atoms with van der Waals surface area (Å²) >= 11 is 0. The molecule has 0 saturated heterocycles. The van der Waals surface area contributed by atoms with Gasteiger partial charge >= 0.3 is 0 Å². The predicted octanol–water partition coefficient (Wildman–Crippen LogP) is 3.90. The van der Waals surface area contributed by atoms with Crippen LogP contribution in [-0.2, 0) is 7.05 Å². The number of nitrogens with one attached hydrogen (secondary N) is 1. The highest BCUT2D eigenvalue weighted by Crippen LogP contribution is 2.24. The molecule has 134 valence electrons. The van der Waals surface area contributed by atoms with Crippen LogP contribution in [-0.4, -0.2) is 25.4 Å². The van der Waals surface area contributed by atoms with Crippen molar-refractivity contribution in [2.45, 2.75) is 13.8 Å². The lowest BCUT2D eigenvalue weighted by Gasteiger charge is -2.08. The van der Waals surface area contributed by atoms with Gasteiger partial charge in [-0.2, -0.15) is 0 Å². The number of imidazole rings is 1. The van der Waals surface area contributed by atoms with E-state index in [-0.39, 0.29) is 41.1 Å². The van der Waals surface area contributed by atoms with Crippen LogP contribution in [0.3, 0.4) is 0 Å². The average molecular weight is 361 g/mol. The molecule has 0 aliphatic heterocycles. The normalized spacial score (nSPS) is 13.0. The van der Waals surface area contributed by atoms with E-state index in [9.17, 15) is 4.79 Å². The molecular formula is C21H19N5O. The fourth-order valence-corrected chi connectivity index (χ4v) is 2.68. The van der Waals surface area contributed by atoms with Crippen molar-refractivity contribution < 1.29 is 10.3 Å². The van der Waals surface area contributed by atoms with E-state index >= 15 is 0 Å². The van der Waals surface area contributed by atoms with Crippen LogP contribution >= 0.6 is 0 Å². The van der Waals surface area contributed by atoms with Gasteiger partial charge in [0.2, 0.25) is 0 Å². The Kier molecular flexibility index (Phi) is 3.14. The zero-order valence-electron chi connectivity index (χ0n) is 19.1. The first-order chi connectivity index (χ1) is 14.7. The van der Waals surface area contributed by atoms with E-state index in [0.717, 1.165) is 22.5 Å². The highest BCUT2D eigenvalue weighted by Gasteiger charge is 2.10. The molecule has 0 aliphatic rings. The molecule has 0 spiro atoms. The smallest absolute Gasteiger partial charge is 0.256 e. The Balaban J connectivity index is 1.71. The monoisotopic (exact) mass is 361 g/mol. The summed E-state index contributed by atoms with van der Waals surface area (Å²) in [6, 6.07) is 2.32. The minimum Gasteiger partial charge on any atom is -0.331 e. The summed E-state index contributed by atoms with van der Waals surface area (Å²) in [7, 11) is 1.92. The predicted molar refractivity (Wildman–Crippen MR) is 106 cm³/mol. The number of pyridine rings is 2. The Hall–Kier alpha value is -3.54. The number of anilines is 1. The summed E-state index contributed by atoms with van der Waals surface area (Å²) in [6.45, 7) is 3.40. The van der Waals surface area contributed by atoms with Gasteiger partial charge in [-0.3, -0.25) is 9.78 Å². The number of hydrogen-bond donors (Lipinski definition) is 1. The molecule has 0 unspecified atom stereocenters. The van der Waals surface area contributed by atoms with Gasteiger partial charge in [0.25, 0.3) is 5.91 Å². The van der Waals surface area contributed by atoms with Gasteiger partial charge in [0.15, 0.2) is 0 Å². The molecule has 4 rings (SSSR count). The lowest BCUT2D eigenvalue weighted by atomic mass is 10.1. The minimum atomic E-state index is -0.754. The maximum Gasteiger partial charge on any atom is 0.256 e. The standard InChI is InChI=1S/C21H19N5O/c1-13-4-6-15(7-5-13)21(27)25-20-9-16-8-17(10-23-18(16)11-24-20)19-12-22-14(2)26(19)3/h4-12H,1-3H3,(H,24,25,27)/i4D,5D,6D,7D.